The van der Waals surface area contributed by atoms with Crippen LogP contribution in [0, 0.1) is 0 Å². The van der Waals surface area contributed by atoms with Gasteiger partial charge in [0.25, 0.3) is 5.91 Å². The molecule has 0 heterocycles. The number of amides is 1. The molecule has 6 heteroatoms. The highest BCUT2D eigenvalue weighted by atomic mass is 35.5. The van der Waals surface area contributed by atoms with Crippen LogP contribution >= 0.6 is 23.2 Å². The van der Waals surface area contributed by atoms with Crippen LogP contribution in [0.15, 0.2) is 36.4 Å². The number of nitrogens with zero attached hydrogens (tertiary/aromatic N) is 1. The summed E-state index contributed by atoms with van der Waals surface area (Å²) in [6.07, 6.45) is 0. The Bertz CT molecular complexity index is 719. The van der Waals surface area contributed by atoms with E-state index in [-0.39, 0.29) is 5.91 Å². The average Bonchev–Trinajstić information content (AvgIpc) is 2.55. The summed E-state index contributed by atoms with van der Waals surface area (Å²) in [6.45, 7) is 0.365. The topological polar surface area (TPSA) is 38.8 Å². The highest BCUT2D eigenvalue weighted by Gasteiger charge is 2.18. The molecule has 122 valence electrons. The fourth-order valence-electron chi connectivity index (χ4n) is 2.16. The zero-order valence-corrected chi connectivity index (χ0v) is 14.6. The van der Waals surface area contributed by atoms with Crippen LogP contribution in [0.2, 0.25) is 10.0 Å². The lowest BCUT2D eigenvalue weighted by molar-refractivity contribution is 0.0781. The first-order valence-corrected chi connectivity index (χ1v) is 7.63. The lowest BCUT2D eigenvalue weighted by Gasteiger charge is -2.20. The second-order valence-electron chi connectivity index (χ2n) is 4.96. The molecule has 0 fully saturated rings. The Balaban J connectivity index is 2.22. The molecule has 0 aliphatic heterocycles. The molecule has 0 radical (unpaired) electrons. The molecule has 1 amide bonds. The molecule has 0 atom stereocenters. The number of benzene rings is 2. The number of rotatable bonds is 5. The molecular weight excluding hydrogens is 337 g/mol. The Morgan fingerprint density at radius 3 is 2.43 bits per heavy atom. The molecule has 2 aromatic carbocycles. The van der Waals surface area contributed by atoms with Crippen molar-refractivity contribution in [3.63, 3.8) is 0 Å². The molecule has 0 aliphatic rings. The van der Waals surface area contributed by atoms with Gasteiger partial charge in [0.15, 0.2) is 0 Å². The zero-order chi connectivity index (χ0) is 17.0. The predicted molar refractivity (Wildman–Crippen MR) is 91.8 cm³/mol. The van der Waals surface area contributed by atoms with Crippen LogP contribution in [-0.2, 0) is 6.54 Å². The molecule has 0 unspecified atom stereocenters. The van der Waals surface area contributed by atoms with Crippen molar-refractivity contribution in [2.75, 3.05) is 21.3 Å². The first-order valence-electron chi connectivity index (χ1n) is 6.87. The van der Waals surface area contributed by atoms with Crippen molar-refractivity contribution < 1.29 is 14.3 Å². The van der Waals surface area contributed by atoms with Crippen molar-refractivity contribution in [3.8, 4) is 11.5 Å². The first-order chi connectivity index (χ1) is 11.0. The Morgan fingerprint density at radius 1 is 1.09 bits per heavy atom. The summed E-state index contributed by atoms with van der Waals surface area (Å²) in [5.74, 6) is 0.917. The van der Waals surface area contributed by atoms with Gasteiger partial charge < -0.3 is 14.4 Å². The van der Waals surface area contributed by atoms with Crippen LogP contribution in [0.5, 0.6) is 11.5 Å². The van der Waals surface area contributed by atoms with Gasteiger partial charge in [-0.3, -0.25) is 4.79 Å². The van der Waals surface area contributed by atoms with Crippen molar-refractivity contribution in [2.45, 2.75) is 6.54 Å². The summed E-state index contributed by atoms with van der Waals surface area (Å²) in [4.78, 5) is 14.2. The van der Waals surface area contributed by atoms with Gasteiger partial charge in [-0.15, -0.1) is 0 Å². The van der Waals surface area contributed by atoms with E-state index in [4.69, 9.17) is 32.7 Å². The van der Waals surface area contributed by atoms with E-state index in [1.807, 2.05) is 0 Å². The maximum Gasteiger partial charge on any atom is 0.257 e. The monoisotopic (exact) mass is 353 g/mol. The van der Waals surface area contributed by atoms with Crippen LogP contribution in [0.25, 0.3) is 0 Å². The fraction of sp³-hybridized carbons (Fsp3) is 0.235. The molecule has 2 rings (SSSR count). The minimum absolute atomic E-state index is 0.171. The SMILES string of the molecule is COc1ccc(C(=O)N(C)Cc2ccc(Cl)cc2Cl)c(OC)c1. The van der Waals surface area contributed by atoms with E-state index in [0.717, 1.165) is 5.56 Å². The Hall–Kier alpha value is -1.91. The van der Waals surface area contributed by atoms with Crippen LogP contribution in [0.3, 0.4) is 0 Å². The van der Waals surface area contributed by atoms with Gasteiger partial charge in [0.05, 0.1) is 19.8 Å². The lowest BCUT2D eigenvalue weighted by Crippen LogP contribution is -2.26. The fourth-order valence-corrected chi connectivity index (χ4v) is 2.63. The normalized spacial score (nSPS) is 10.3. The van der Waals surface area contributed by atoms with Crippen LogP contribution < -0.4 is 9.47 Å². The van der Waals surface area contributed by atoms with Crippen molar-refractivity contribution in [2.24, 2.45) is 0 Å². The van der Waals surface area contributed by atoms with E-state index < -0.39 is 0 Å². The maximum absolute atomic E-state index is 12.6. The van der Waals surface area contributed by atoms with Gasteiger partial charge in [-0.2, -0.15) is 0 Å². The van der Waals surface area contributed by atoms with E-state index in [2.05, 4.69) is 0 Å². The first kappa shape index (κ1) is 17.4. The third kappa shape index (κ3) is 4.09. The van der Waals surface area contributed by atoms with Crippen molar-refractivity contribution in [1.29, 1.82) is 0 Å². The number of carbonyl (C=O) groups is 1. The Morgan fingerprint density at radius 2 is 1.83 bits per heavy atom. The maximum atomic E-state index is 12.6. The largest absolute Gasteiger partial charge is 0.497 e. The average molecular weight is 354 g/mol. The molecule has 0 N–H and O–H groups in total. The van der Waals surface area contributed by atoms with Crippen LogP contribution in [-0.4, -0.2) is 32.1 Å². The standard InChI is InChI=1S/C17H17Cl2NO3/c1-20(10-11-4-5-12(18)8-15(11)19)17(21)14-7-6-13(22-2)9-16(14)23-3/h4-9H,10H2,1-3H3. The van der Waals surface area contributed by atoms with E-state index >= 15 is 0 Å². The van der Waals surface area contributed by atoms with Crippen molar-refractivity contribution >= 4 is 29.1 Å². The third-order valence-electron chi connectivity index (χ3n) is 3.41. The number of halogens is 2. The summed E-state index contributed by atoms with van der Waals surface area (Å²) in [6, 6.07) is 10.3. The molecular formula is C17H17Cl2NO3. The van der Waals surface area contributed by atoms with Gasteiger partial charge >= 0.3 is 0 Å². The zero-order valence-electron chi connectivity index (χ0n) is 13.1. The molecule has 23 heavy (non-hydrogen) atoms. The summed E-state index contributed by atoms with van der Waals surface area (Å²) >= 11 is 12.0. The van der Waals surface area contributed by atoms with Crippen LogP contribution in [0.4, 0.5) is 0 Å². The predicted octanol–water partition coefficient (Wildman–Crippen LogP) is 4.28. The molecule has 0 bridgehead atoms. The number of hydrogen-bond donors (Lipinski definition) is 0. The molecule has 0 aliphatic carbocycles. The van der Waals surface area contributed by atoms with Gasteiger partial charge in [0.2, 0.25) is 0 Å². The number of methoxy groups -OCH3 is 2. The number of carbonyl (C=O) groups excluding carboxylic acids is 1. The minimum atomic E-state index is -0.171. The van der Waals surface area contributed by atoms with Crippen LogP contribution in [0.1, 0.15) is 15.9 Å². The van der Waals surface area contributed by atoms with Gasteiger partial charge in [-0.1, -0.05) is 29.3 Å². The minimum Gasteiger partial charge on any atom is -0.497 e. The van der Waals surface area contributed by atoms with Gasteiger partial charge in [0.1, 0.15) is 11.5 Å². The second kappa shape index (κ2) is 7.57. The van der Waals surface area contributed by atoms with Crippen molar-refractivity contribution in [1.82, 2.24) is 4.90 Å². The third-order valence-corrected chi connectivity index (χ3v) is 4.00. The molecule has 4 nitrogen and oxygen atoms in total. The Kier molecular flexibility index (Phi) is 5.74. The van der Waals surface area contributed by atoms with Crippen molar-refractivity contribution in [3.05, 3.63) is 57.6 Å². The van der Waals surface area contributed by atoms with E-state index in [1.54, 1.807) is 55.5 Å². The molecule has 0 aromatic heterocycles. The molecule has 2 aromatic rings. The summed E-state index contributed by atoms with van der Waals surface area (Å²) in [5, 5.41) is 1.09. The van der Waals surface area contributed by atoms with Gasteiger partial charge in [-0.25, -0.2) is 0 Å². The van der Waals surface area contributed by atoms with E-state index in [1.165, 1.54) is 7.11 Å². The smallest absolute Gasteiger partial charge is 0.257 e. The molecule has 0 saturated carbocycles. The summed E-state index contributed by atoms with van der Waals surface area (Å²) < 4.78 is 10.4. The highest BCUT2D eigenvalue weighted by molar-refractivity contribution is 6.35. The highest BCUT2D eigenvalue weighted by Crippen LogP contribution is 2.27. The quantitative estimate of drug-likeness (QED) is 0.804. The van der Waals surface area contributed by atoms with E-state index in [9.17, 15) is 4.79 Å². The summed E-state index contributed by atoms with van der Waals surface area (Å²) in [7, 11) is 4.78. The summed E-state index contributed by atoms with van der Waals surface area (Å²) in [5.41, 5.74) is 1.28. The van der Waals surface area contributed by atoms with E-state index in [0.29, 0.717) is 33.7 Å². The second-order valence-corrected chi connectivity index (χ2v) is 5.81. The lowest BCUT2D eigenvalue weighted by atomic mass is 10.1. The number of hydrogen-bond acceptors (Lipinski definition) is 3. The number of ether oxygens (including phenoxy) is 2. The molecule has 0 saturated heterocycles. The Labute approximate surface area is 145 Å². The van der Waals surface area contributed by atoms with Gasteiger partial charge in [-0.05, 0) is 29.8 Å². The van der Waals surface area contributed by atoms with Gasteiger partial charge in [0, 0.05) is 29.7 Å². The molecule has 0 spiro atoms.